The van der Waals surface area contributed by atoms with Gasteiger partial charge in [0.1, 0.15) is 11.5 Å². The first-order chi connectivity index (χ1) is 9.11. The summed E-state index contributed by atoms with van der Waals surface area (Å²) < 4.78 is 5.72. The second kappa shape index (κ2) is 8.20. The summed E-state index contributed by atoms with van der Waals surface area (Å²) in [7, 11) is 0. The summed E-state index contributed by atoms with van der Waals surface area (Å²) in [4.78, 5) is 11.4. The molecule has 0 aliphatic carbocycles. The molecule has 0 saturated heterocycles. The molecule has 0 aliphatic heterocycles. The quantitative estimate of drug-likeness (QED) is 0.444. The van der Waals surface area contributed by atoms with E-state index in [2.05, 4.69) is 15.9 Å². The fraction of sp³-hybridized carbons (Fsp3) is 0.533. The molecule has 0 fully saturated rings. The van der Waals surface area contributed by atoms with Crippen LogP contribution in [0.15, 0.2) is 12.1 Å². The minimum atomic E-state index is -0.124. The lowest BCUT2D eigenvalue weighted by molar-refractivity contribution is 0.101. The third-order valence-electron chi connectivity index (χ3n) is 2.90. The van der Waals surface area contributed by atoms with Crippen molar-refractivity contribution >= 4 is 21.7 Å². The number of phenolic OH excluding ortho intramolecular Hbond substituents is 1. The Labute approximate surface area is 123 Å². The monoisotopic (exact) mass is 328 g/mol. The first-order valence-electron chi connectivity index (χ1n) is 6.66. The van der Waals surface area contributed by atoms with Gasteiger partial charge in [-0.25, -0.2) is 0 Å². The summed E-state index contributed by atoms with van der Waals surface area (Å²) in [6.45, 7) is 4.12. The van der Waals surface area contributed by atoms with Gasteiger partial charge in [0.2, 0.25) is 0 Å². The molecule has 0 bridgehead atoms. The number of alkyl halides is 1. The van der Waals surface area contributed by atoms with Crippen molar-refractivity contribution in [3.8, 4) is 11.5 Å². The van der Waals surface area contributed by atoms with Crippen LogP contribution in [-0.4, -0.2) is 22.8 Å². The summed E-state index contributed by atoms with van der Waals surface area (Å²) in [6.07, 6.45) is 3.63. The molecule has 1 aromatic carbocycles. The van der Waals surface area contributed by atoms with Gasteiger partial charge >= 0.3 is 0 Å². The average Bonchev–Trinajstić information content (AvgIpc) is 2.38. The summed E-state index contributed by atoms with van der Waals surface area (Å²) in [5, 5.41) is 11.1. The average molecular weight is 329 g/mol. The van der Waals surface area contributed by atoms with Crippen LogP contribution in [0.4, 0.5) is 0 Å². The van der Waals surface area contributed by atoms with Gasteiger partial charge in [0.05, 0.1) is 12.2 Å². The number of hydrogen-bond donors (Lipinski definition) is 1. The van der Waals surface area contributed by atoms with Crippen molar-refractivity contribution in [3.05, 3.63) is 23.3 Å². The summed E-state index contributed by atoms with van der Waals surface area (Å²) in [6, 6.07) is 3.42. The molecule has 3 nitrogen and oxygen atoms in total. The van der Waals surface area contributed by atoms with Crippen LogP contribution in [-0.2, 0) is 6.42 Å². The molecule has 0 radical (unpaired) electrons. The van der Waals surface area contributed by atoms with Crippen LogP contribution in [0, 0.1) is 0 Å². The van der Waals surface area contributed by atoms with E-state index in [1.54, 1.807) is 12.1 Å². The SMILES string of the molecule is CCCc1c(OCCCCBr)ccc(C(C)=O)c1O. The molecule has 0 aromatic heterocycles. The Morgan fingerprint density at radius 3 is 2.68 bits per heavy atom. The highest BCUT2D eigenvalue weighted by molar-refractivity contribution is 9.09. The predicted octanol–water partition coefficient (Wildman–Crippen LogP) is 4.10. The van der Waals surface area contributed by atoms with E-state index in [1.807, 2.05) is 6.92 Å². The number of phenols is 1. The fourth-order valence-corrected chi connectivity index (χ4v) is 2.30. The van der Waals surface area contributed by atoms with E-state index in [4.69, 9.17) is 4.74 Å². The maximum absolute atomic E-state index is 11.4. The van der Waals surface area contributed by atoms with Gasteiger partial charge in [-0.05, 0) is 38.3 Å². The third-order valence-corrected chi connectivity index (χ3v) is 3.47. The molecule has 0 saturated carbocycles. The number of Topliss-reactive ketones (excluding diaryl/α,β-unsaturated/α-hetero) is 1. The zero-order valence-corrected chi connectivity index (χ0v) is 13.1. The smallest absolute Gasteiger partial charge is 0.163 e. The largest absolute Gasteiger partial charge is 0.507 e. The Balaban J connectivity index is 2.90. The maximum atomic E-state index is 11.4. The molecule has 1 aromatic rings. The van der Waals surface area contributed by atoms with Crippen LogP contribution in [0.1, 0.15) is 49.0 Å². The number of halogens is 1. The van der Waals surface area contributed by atoms with E-state index in [0.29, 0.717) is 24.3 Å². The Hall–Kier alpha value is -1.03. The Morgan fingerprint density at radius 2 is 2.11 bits per heavy atom. The molecule has 4 heteroatoms. The van der Waals surface area contributed by atoms with Crippen LogP contribution < -0.4 is 4.74 Å². The minimum Gasteiger partial charge on any atom is -0.507 e. The van der Waals surface area contributed by atoms with Gasteiger partial charge in [-0.15, -0.1) is 0 Å². The van der Waals surface area contributed by atoms with Crippen LogP contribution in [0.3, 0.4) is 0 Å². The molecule has 19 heavy (non-hydrogen) atoms. The molecule has 0 atom stereocenters. The molecule has 0 spiro atoms. The number of ketones is 1. The van der Waals surface area contributed by atoms with Crippen molar-refractivity contribution in [1.29, 1.82) is 0 Å². The van der Waals surface area contributed by atoms with Crippen LogP contribution >= 0.6 is 15.9 Å². The molecule has 0 aliphatic rings. The Morgan fingerprint density at radius 1 is 1.37 bits per heavy atom. The van der Waals surface area contributed by atoms with E-state index in [-0.39, 0.29) is 11.5 Å². The molecule has 0 heterocycles. The highest BCUT2D eigenvalue weighted by atomic mass is 79.9. The molecular weight excluding hydrogens is 308 g/mol. The highest BCUT2D eigenvalue weighted by Crippen LogP contribution is 2.33. The van der Waals surface area contributed by atoms with Crippen molar-refractivity contribution in [1.82, 2.24) is 0 Å². The lowest BCUT2D eigenvalue weighted by Crippen LogP contribution is -2.03. The molecule has 1 rings (SSSR count). The van der Waals surface area contributed by atoms with Gasteiger partial charge in [0.15, 0.2) is 5.78 Å². The van der Waals surface area contributed by atoms with E-state index >= 15 is 0 Å². The van der Waals surface area contributed by atoms with Gasteiger partial charge in [-0.3, -0.25) is 4.79 Å². The van der Waals surface area contributed by atoms with E-state index in [0.717, 1.165) is 30.2 Å². The number of unbranched alkanes of at least 4 members (excludes halogenated alkanes) is 1. The summed E-state index contributed by atoms with van der Waals surface area (Å²) >= 11 is 3.38. The summed E-state index contributed by atoms with van der Waals surface area (Å²) in [5.41, 5.74) is 1.12. The number of carbonyl (C=O) groups excluding carboxylic acids is 1. The Bertz CT molecular complexity index is 430. The van der Waals surface area contributed by atoms with Gasteiger partial charge in [0.25, 0.3) is 0 Å². The molecule has 106 valence electrons. The predicted molar refractivity (Wildman–Crippen MR) is 80.6 cm³/mol. The van der Waals surface area contributed by atoms with Crippen molar-refractivity contribution in [2.75, 3.05) is 11.9 Å². The second-order valence-corrected chi connectivity index (χ2v) is 5.28. The summed E-state index contributed by atoms with van der Waals surface area (Å²) in [5.74, 6) is 0.645. The number of rotatable bonds is 8. The number of carbonyl (C=O) groups is 1. The van der Waals surface area contributed by atoms with Gasteiger partial charge < -0.3 is 9.84 Å². The highest BCUT2D eigenvalue weighted by Gasteiger charge is 2.15. The zero-order valence-electron chi connectivity index (χ0n) is 11.5. The zero-order chi connectivity index (χ0) is 14.3. The van der Waals surface area contributed by atoms with Crippen LogP contribution in [0.2, 0.25) is 0 Å². The van der Waals surface area contributed by atoms with Gasteiger partial charge in [-0.1, -0.05) is 29.3 Å². The van der Waals surface area contributed by atoms with Crippen molar-refractivity contribution in [2.45, 2.75) is 39.5 Å². The molecule has 0 unspecified atom stereocenters. The van der Waals surface area contributed by atoms with Crippen molar-refractivity contribution in [3.63, 3.8) is 0 Å². The number of hydrogen-bond acceptors (Lipinski definition) is 3. The number of aromatic hydroxyl groups is 1. The van der Waals surface area contributed by atoms with Gasteiger partial charge in [0, 0.05) is 10.9 Å². The number of benzene rings is 1. The molecule has 1 N–H and O–H groups in total. The van der Waals surface area contributed by atoms with E-state index in [9.17, 15) is 9.90 Å². The minimum absolute atomic E-state index is 0.0762. The van der Waals surface area contributed by atoms with E-state index < -0.39 is 0 Å². The first-order valence-corrected chi connectivity index (χ1v) is 7.78. The first kappa shape index (κ1) is 16.0. The van der Waals surface area contributed by atoms with E-state index in [1.165, 1.54) is 6.92 Å². The molecule has 0 amide bonds. The molecular formula is C15H21BrO3. The lowest BCUT2D eigenvalue weighted by atomic mass is 10.0. The topological polar surface area (TPSA) is 46.5 Å². The third kappa shape index (κ3) is 4.53. The van der Waals surface area contributed by atoms with Crippen molar-refractivity contribution in [2.24, 2.45) is 0 Å². The lowest BCUT2D eigenvalue weighted by Gasteiger charge is -2.14. The van der Waals surface area contributed by atoms with Crippen molar-refractivity contribution < 1.29 is 14.6 Å². The fourth-order valence-electron chi connectivity index (χ4n) is 1.91. The van der Waals surface area contributed by atoms with Gasteiger partial charge in [-0.2, -0.15) is 0 Å². The van der Waals surface area contributed by atoms with Crippen LogP contribution in [0.5, 0.6) is 11.5 Å². The van der Waals surface area contributed by atoms with Crippen LogP contribution in [0.25, 0.3) is 0 Å². The second-order valence-electron chi connectivity index (χ2n) is 4.49. The number of ether oxygens (including phenoxy) is 1. The normalized spacial score (nSPS) is 10.5. The standard InChI is InChI=1S/C15H21BrO3/c1-3-6-13-14(19-10-5-4-9-16)8-7-12(11(2)17)15(13)18/h7-8,18H,3-6,9-10H2,1-2H3. The maximum Gasteiger partial charge on any atom is 0.163 e. The Kier molecular flexibility index (Phi) is 6.92.